The van der Waals surface area contributed by atoms with E-state index < -0.39 is 0 Å². The maximum Gasteiger partial charge on any atom is 0.227 e. The molecule has 5 heteroatoms. The van der Waals surface area contributed by atoms with Gasteiger partial charge in [-0.15, -0.1) is 11.3 Å². The number of carbonyl (C=O) groups is 1. The molecule has 0 bridgehead atoms. The van der Waals surface area contributed by atoms with E-state index in [9.17, 15) is 4.79 Å². The molecule has 1 aliphatic rings. The first kappa shape index (κ1) is 18.9. The summed E-state index contributed by atoms with van der Waals surface area (Å²) in [5.74, 6) is 0.742. The summed E-state index contributed by atoms with van der Waals surface area (Å²) >= 11 is 1.70. The minimum Gasteiger partial charge on any atom is -0.497 e. The quantitative estimate of drug-likeness (QED) is 0.768. The first-order valence-corrected chi connectivity index (χ1v) is 10.2. The van der Waals surface area contributed by atoms with Gasteiger partial charge < -0.3 is 10.1 Å². The lowest BCUT2D eigenvalue weighted by molar-refractivity contribution is -0.122. The lowest BCUT2D eigenvalue weighted by Crippen LogP contribution is -2.42. The number of amides is 1. The number of nitrogens with zero attached hydrogens (tertiary/aromatic N) is 1. The smallest absolute Gasteiger partial charge is 0.227 e. The Hall–Kier alpha value is -1.85. The highest BCUT2D eigenvalue weighted by Crippen LogP contribution is 2.25. The highest BCUT2D eigenvalue weighted by molar-refractivity contribution is 7.09. The van der Waals surface area contributed by atoms with Crippen molar-refractivity contribution in [3.8, 4) is 5.75 Å². The summed E-state index contributed by atoms with van der Waals surface area (Å²) in [6.45, 7) is 5.20. The van der Waals surface area contributed by atoms with Crippen molar-refractivity contribution in [3.63, 3.8) is 0 Å². The molecule has 0 spiro atoms. The summed E-state index contributed by atoms with van der Waals surface area (Å²) in [6.07, 6.45) is 3.27. The summed E-state index contributed by atoms with van der Waals surface area (Å²) in [5, 5.41) is 5.25. The molecule has 0 radical (unpaired) electrons. The number of carbonyl (C=O) groups excluding carboxylic acids is 1. The molecule has 4 nitrogen and oxygen atoms in total. The van der Waals surface area contributed by atoms with Gasteiger partial charge >= 0.3 is 0 Å². The molecular weight excluding hydrogens is 344 g/mol. The van der Waals surface area contributed by atoms with Crippen LogP contribution in [-0.2, 0) is 11.2 Å². The van der Waals surface area contributed by atoms with Gasteiger partial charge in [0.1, 0.15) is 5.75 Å². The van der Waals surface area contributed by atoms with Gasteiger partial charge in [0.25, 0.3) is 0 Å². The maximum absolute atomic E-state index is 13.0. The molecule has 140 valence electrons. The Morgan fingerprint density at radius 1 is 1.23 bits per heavy atom. The van der Waals surface area contributed by atoms with Crippen LogP contribution in [0, 0.1) is 0 Å². The predicted molar refractivity (Wildman–Crippen MR) is 107 cm³/mol. The minimum absolute atomic E-state index is 0.106. The Balaban J connectivity index is 1.67. The zero-order chi connectivity index (χ0) is 18.4. The third kappa shape index (κ3) is 4.86. The average Bonchev–Trinajstić information content (AvgIpc) is 3.38. The standard InChI is InChI=1S/C21H28N2O2S/c1-16(23-11-3-4-12-23)15-22-21(24)20(14-19-6-5-13-26-19)17-7-9-18(25-2)10-8-17/h5-10,13,16,20H,3-4,11-12,14-15H2,1-2H3,(H,22,24). The first-order valence-electron chi connectivity index (χ1n) is 9.35. The molecule has 2 aromatic rings. The number of hydrogen-bond acceptors (Lipinski definition) is 4. The maximum atomic E-state index is 13.0. The van der Waals surface area contributed by atoms with E-state index in [-0.39, 0.29) is 11.8 Å². The monoisotopic (exact) mass is 372 g/mol. The number of hydrogen-bond donors (Lipinski definition) is 1. The summed E-state index contributed by atoms with van der Waals surface area (Å²) in [5.41, 5.74) is 1.03. The van der Waals surface area contributed by atoms with Crippen LogP contribution in [0.4, 0.5) is 0 Å². The van der Waals surface area contributed by atoms with Crippen LogP contribution in [0.5, 0.6) is 5.75 Å². The average molecular weight is 373 g/mol. The van der Waals surface area contributed by atoms with Crippen LogP contribution in [0.1, 0.15) is 36.1 Å². The summed E-state index contributed by atoms with van der Waals surface area (Å²) in [7, 11) is 1.66. The SMILES string of the molecule is COc1ccc(C(Cc2cccs2)C(=O)NCC(C)N2CCCC2)cc1. The van der Waals surface area contributed by atoms with Crippen LogP contribution in [0.2, 0.25) is 0 Å². The Morgan fingerprint density at radius 2 is 1.96 bits per heavy atom. The van der Waals surface area contributed by atoms with Crippen molar-refractivity contribution in [2.45, 2.75) is 38.1 Å². The molecule has 1 amide bonds. The molecule has 2 heterocycles. The minimum atomic E-state index is -0.176. The normalized spacial score (nSPS) is 17.0. The molecule has 26 heavy (non-hydrogen) atoms. The molecule has 1 aromatic heterocycles. The van der Waals surface area contributed by atoms with Gasteiger partial charge in [-0.2, -0.15) is 0 Å². The number of thiophene rings is 1. The van der Waals surface area contributed by atoms with E-state index in [2.05, 4.69) is 28.6 Å². The zero-order valence-electron chi connectivity index (χ0n) is 15.6. The highest BCUT2D eigenvalue weighted by Gasteiger charge is 2.24. The molecule has 1 aliphatic heterocycles. The van der Waals surface area contributed by atoms with Gasteiger partial charge in [-0.05, 0) is 68.4 Å². The number of nitrogens with one attached hydrogen (secondary N) is 1. The van der Waals surface area contributed by atoms with Crippen molar-refractivity contribution < 1.29 is 9.53 Å². The molecule has 1 aromatic carbocycles. The van der Waals surface area contributed by atoms with Gasteiger partial charge in [0.15, 0.2) is 0 Å². The molecule has 3 rings (SSSR count). The van der Waals surface area contributed by atoms with Crippen LogP contribution >= 0.6 is 11.3 Å². The van der Waals surface area contributed by atoms with Crippen LogP contribution < -0.4 is 10.1 Å². The van der Waals surface area contributed by atoms with Crippen LogP contribution in [0.25, 0.3) is 0 Å². The molecule has 1 fully saturated rings. The van der Waals surface area contributed by atoms with E-state index in [1.54, 1.807) is 18.4 Å². The lowest BCUT2D eigenvalue weighted by Gasteiger charge is -2.25. The Bertz CT molecular complexity index is 679. The van der Waals surface area contributed by atoms with Gasteiger partial charge in [0.05, 0.1) is 13.0 Å². The first-order chi connectivity index (χ1) is 12.7. The Labute approximate surface area is 160 Å². The number of benzene rings is 1. The van der Waals surface area contributed by atoms with Crippen LogP contribution in [0.15, 0.2) is 41.8 Å². The second kappa shape index (κ2) is 9.19. The fourth-order valence-electron chi connectivity index (χ4n) is 3.51. The van der Waals surface area contributed by atoms with Gasteiger partial charge in [-0.3, -0.25) is 9.69 Å². The van der Waals surface area contributed by atoms with E-state index in [4.69, 9.17) is 4.74 Å². The molecule has 0 saturated carbocycles. The third-order valence-electron chi connectivity index (χ3n) is 5.16. The van der Waals surface area contributed by atoms with E-state index in [0.29, 0.717) is 12.6 Å². The molecular formula is C21H28N2O2S. The third-order valence-corrected chi connectivity index (χ3v) is 6.05. The van der Waals surface area contributed by atoms with Crippen LogP contribution in [0.3, 0.4) is 0 Å². The van der Waals surface area contributed by atoms with Crippen LogP contribution in [-0.4, -0.2) is 43.6 Å². The second-order valence-electron chi connectivity index (χ2n) is 6.95. The van der Waals surface area contributed by atoms with Crippen molar-refractivity contribution in [3.05, 3.63) is 52.2 Å². The van der Waals surface area contributed by atoms with E-state index in [0.717, 1.165) is 30.8 Å². The molecule has 1 N–H and O–H groups in total. The summed E-state index contributed by atoms with van der Waals surface area (Å²) in [4.78, 5) is 16.7. The van der Waals surface area contributed by atoms with E-state index in [1.807, 2.05) is 30.3 Å². The molecule has 1 saturated heterocycles. The van der Waals surface area contributed by atoms with Gasteiger partial charge in [-0.1, -0.05) is 18.2 Å². The molecule has 2 atom stereocenters. The Morgan fingerprint density at radius 3 is 2.58 bits per heavy atom. The van der Waals surface area contributed by atoms with Crippen molar-refractivity contribution >= 4 is 17.2 Å². The van der Waals surface area contributed by atoms with Crippen molar-refractivity contribution in [2.75, 3.05) is 26.7 Å². The number of likely N-dealkylation sites (tertiary alicyclic amines) is 1. The highest BCUT2D eigenvalue weighted by atomic mass is 32.1. The van der Waals surface area contributed by atoms with Crippen molar-refractivity contribution in [1.82, 2.24) is 10.2 Å². The van der Waals surface area contributed by atoms with Crippen molar-refractivity contribution in [2.24, 2.45) is 0 Å². The van der Waals surface area contributed by atoms with Crippen molar-refractivity contribution in [1.29, 1.82) is 0 Å². The largest absolute Gasteiger partial charge is 0.497 e. The fraction of sp³-hybridized carbons (Fsp3) is 0.476. The number of rotatable bonds is 8. The lowest BCUT2D eigenvalue weighted by atomic mass is 9.94. The predicted octanol–water partition coefficient (Wildman–Crippen LogP) is 3.68. The van der Waals surface area contributed by atoms with Gasteiger partial charge in [-0.25, -0.2) is 0 Å². The number of methoxy groups -OCH3 is 1. The summed E-state index contributed by atoms with van der Waals surface area (Å²) < 4.78 is 5.25. The topological polar surface area (TPSA) is 41.6 Å². The summed E-state index contributed by atoms with van der Waals surface area (Å²) in [6, 6.07) is 12.4. The van der Waals surface area contributed by atoms with Gasteiger partial charge in [0.2, 0.25) is 5.91 Å². The second-order valence-corrected chi connectivity index (χ2v) is 7.98. The number of ether oxygens (including phenoxy) is 1. The zero-order valence-corrected chi connectivity index (χ0v) is 16.4. The molecule has 2 unspecified atom stereocenters. The van der Waals surface area contributed by atoms with E-state index in [1.165, 1.54) is 17.7 Å². The van der Waals surface area contributed by atoms with Gasteiger partial charge in [0, 0.05) is 17.5 Å². The fourth-order valence-corrected chi connectivity index (χ4v) is 4.26. The van der Waals surface area contributed by atoms with E-state index >= 15 is 0 Å². The Kier molecular flexibility index (Phi) is 6.69. The molecule has 0 aliphatic carbocycles.